The molecule has 1 amide bonds. The number of aryl methyl sites for hydroxylation is 1. The van der Waals surface area contributed by atoms with Crippen LogP contribution in [0.1, 0.15) is 18.9 Å². The van der Waals surface area contributed by atoms with Crippen molar-refractivity contribution in [1.82, 2.24) is 0 Å². The van der Waals surface area contributed by atoms with Gasteiger partial charge < -0.3 is 11.1 Å². The summed E-state index contributed by atoms with van der Waals surface area (Å²) < 4.78 is 0. The maximum Gasteiger partial charge on any atom is 0.225 e. The summed E-state index contributed by atoms with van der Waals surface area (Å²) in [5.41, 5.74) is 7.34. The largest absolute Gasteiger partial charge is 0.330 e. The molecule has 0 aliphatic rings. The predicted molar refractivity (Wildman–Crippen MR) is 65.4 cm³/mol. The van der Waals surface area contributed by atoms with E-state index < -0.39 is 0 Å². The molecule has 0 saturated heterocycles. The Kier molecular flexibility index (Phi) is 6.75. The molecular formula is C11H17ClN2O. The maximum atomic E-state index is 11.3. The molecule has 4 heteroatoms. The highest BCUT2D eigenvalue weighted by Crippen LogP contribution is 2.15. The number of carbonyl (C=O) groups is 1. The average Bonchev–Trinajstić information content (AvgIpc) is 2.19. The van der Waals surface area contributed by atoms with E-state index in [9.17, 15) is 4.79 Å². The molecule has 0 radical (unpaired) electrons. The molecule has 3 nitrogen and oxygen atoms in total. The van der Waals surface area contributed by atoms with Crippen molar-refractivity contribution in [3.05, 3.63) is 29.8 Å². The van der Waals surface area contributed by atoms with Crippen LogP contribution in [0, 0.1) is 0 Å². The van der Waals surface area contributed by atoms with E-state index in [1.807, 2.05) is 24.3 Å². The van der Waals surface area contributed by atoms with Gasteiger partial charge >= 0.3 is 0 Å². The van der Waals surface area contributed by atoms with Gasteiger partial charge in [0.2, 0.25) is 5.91 Å². The van der Waals surface area contributed by atoms with Gasteiger partial charge in [0.15, 0.2) is 0 Å². The Morgan fingerprint density at radius 1 is 1.40 bits per heavy atom. The molecular weight excluding hydrogens is 212 g/mol. The molecule has 0 aliphatic heterocycles. The number of rotatable bonds is 4. The zero-order chi connectivity index (χ0) is 10.4. The van der Waals surface area contributed by atoms with E-state index in [0.29, 0.717) is 13.0 Å². The first-order chi connectivity index (χ1) is 6.77. The molecule has 1 rings (SSSR count). The highest BCUT2D eigenvalue weighted by Gasteiger charge is 2.03. The van der Waals surface area contributed by atoms with Gasteiger partial charge in [0, 0.05) is 18.7 Å². The van der Waals surface area contributed by atoms with Crippen molar-refractivity contribution in [1.29, 1.82) is 0 Å². The van der Waals surface area contributed by atoms with Crippen LogP contribution in [0.5, 0.6) is 0 Å². The van der Waals surface area contributed by atoms with Crippen LogP contribution in [0.3, 0.4) is 0 Å². The van der Waals surface area contributed by atoms with Gasteiger partial charge in [-0.05, 0) is 18.1 Å². The Balaban J connectivity index is 0.00000196. The number of carbonyl (C=O) groups excluding carboxylic acids is 1. The van der Waals surface area contributed by atoms with Crippen LogP contribution in [-0.4, -0.2) is 12.5 Å². The molecule has 0 fully saturated rings. The molecule has 3 N–H and O–H groups in total. The van der Waals surface area contributed by atoms with Crippen LogP contribution in [0.2, 0.25) is 0 Å². The van der Waals surface area contributed by atoms with Crippen LogP contribution in [-0.2, 0) is 11.2 Å². The fraction of sp³-hybridized carbons (Fsp3) is 0.364. The molecule has 0 saturated carbocycles. The summed E-state index contributed by atoms with van der Waals surface area (Å²) in [6, 6.07) is 7.81. The van der Waals surface area contributed by atoms with Crippen molar-refractivity contribution < 1.29 is 4.79 Å². The van der Waals surface area contributed by atoms with Crippen molar-refractivity contribution in [2.45, 2.75) is 19.8 Å². The molecule has 1 aromatic carbocycles. The number of benzene rings is 1. The minimum Gasteiger partial charge on any atom is -0.330 e. The lowest BCUT2D eigenvalue weighted by atomic mass is 10.1. The van der Waals surface area contributed by atoms with Crippen molar-refractivity contribution in [2.24, 2.45) is 5.73 Å². The van der Waals surface area contributed by atoms with E-state index in [1.165, 1.54) is 0 Å². The fourth-order valence-electron chi connectivity index (χ4n) is 1.29. The number of nitrogens with two attached hydrogens (primary N) is 1. The summed E-state index contributed by atoms with van der Waals surface area (Å²) in [4.78, 5) is 11.3. The number of anilines is 1. The Labute approximate surface area is 96.5 Å². The van der Waals surface area contributed by atoms with Gasteiger partial charge in [-0.2, -0.15) is 0 Å². The van der Waals surface area contributed by atoms with Gasteiger partial charge in [0.25, 0.3) is 0 Å². The van der Waals surface area contributed by atoms with Crippen LogP contribution in [0.15, 0.2) is 24.3 Å². The minimum absolute atomic E-state index is 0. The quantitative estimate of drug-likeness (QED) is 0.828. The van der Waals surface area contributed by atoms with Gasteiger partial charge in [-0.3, -0.25) is 4.79 Å². The van der Waals surface area contributed by atoms with Crippen molar-refractivity contribution >= 4 is 24.0 Å². The first-order valence-corrected chi connectivity index (χ1v) is 4.85. The number of nitrogens with one attached hydrogen (secondary N) is 1. The van der Waals surface area contributed by atoms with Crippen molar-refractivity contribution in [3.8, 4) is 0 Å². The SMILES string of the molecule is CCc1ccccc1NC(=O)CCN.Cl. The summed E-state index contributed by atoms with van der Waals surface area (Å²) in [6.07, 6.45) is 1.29. The third-order valence-corrected chi connectivity index (χ3v) is 2.04. The minimum atomic E-state index is -0.0200. The molecule has 0 spiro atoms. The van der Waals surface area contributed by atoms with Crippen molar-refractivity contribution in [3.63, 3.8) is 0 Å². The molecule has 0 bridgehead atoms. The van der Waals surface area contributed by atoms with Gasteiger partial charge in [-0.25, -0.2) is 0 Å². The first kappa shape index (κ1) is 13.9. The number of halogens is 1. The van der Waals surface area contributed by atoms with E-state index in [2.05, 4.69) is 12.2 Å². The van der Waals surface area contributed by atoms with E-state index in [0.717, 1.165) is 17.7 Å². The van der Waals surface area contributed by atoms with Crippen LogP contribution in [0.4, 0.5) is 5.69 Å². The molecule has 0 atom stereocenters. The summed E-state index contributed by atoms with van der Waals surface area (Å²) in [5, 5.41) is 2.84. The van der Waals surface area contributed by atoms with E-state index in [1.54, 1.807) is 0 Å². The monoisotopic (exact) mass is 228 g/mol. The highest BCUT2D eigenvalue weighted by molar-refractivity contribution is 5.91. The van der Waals surface area contributed by atoms with Crippen molar-refractivity contribution in [2.75, 3.05) is 11.9 Å². The van der Waals surface area contributed by atoms with E-state index >= 15 is 0 Å². The fourth-order valence-corrected chi connectivity index (χ4v) is 1.29. The van der Waals surface area contributed by atoms with Gasteiger partial charge in [-0.1, -0.05) is 25.1 Å². The third-order valence-electron chi connectivity index (χ3n) is 2.04. The first-order valence-electron chi connectivity index (χ1n) is 4.85. The maximum absolute atomic E-state index is 11.3. The zero-order valence-electron chi connectivity index (χ0n) is 8.82. The lowest BCUT2D eigenvalue weighted by molar-refractivity contribution is -0.116. The molecule has 0 unspecified atom stereocenters. The topological polar surface area (TPSA) is 55.1 Å². The molecule has 0 aliphatic carbocycles. The Bertz CT molecular complexity index is 315. The Morgan fingerprint density at radius 2 is 2.07 bits per heavy atom. The molecule has 0 aromatic heterocycles. The molecule has 1 aromatic rings. The number of hydrogen-bond donors (Lipinski definition) is 2. The summed E-state index contributed by atoms with van der Waals surface area (Å²) in [7, 11) is 0. The van der Waals surface area contributed by atoms with E-state index in [4.69, 9.17) is 5.73 Å². The second kappa shape index (κ2) is 7.26. The van der Waals surface area contributed by atoms with Gasteiger partial charge in [0.1, 0.15) is 0 Å². The second-order valence-electron chi connectivity index (χ2n) is 3.10. The van der Waals surface area contributed by atoms with Gasteiger partial charge in [-0.15, -0.1) is 12.4 Å². The lowest BCUT2D eigenvalue weighted by Gasteiger charge is -2.08. The standard InChI is InChI=1S/C11H16N2O.ClH/c1-2-9-5-3-4-6-10(9)13-11(14)7-8-12;/h3-6H,2,7-8,12H2,1H3,(H,13,14);1H. The molecule has 84 valence electrons. The van der Waals surface area contributed by atoms with Crippen LogP contribution in [0.25, 0.3) is 0 Å². The number of amides is 1. The summed E-state index contributed by atoms with van der Waals surface area (Å²) in [5.74, 6) is -0.0200. The smallest absolute Gasteiger partial charge is 0.225 e. The summed E-state index contributed by atoms with van der Waals surface area (Å²) in [6.45, 7) is 2.45. The van der Waals surface area contributed by atoms with Crippen LogP contribution >= 0.6 is 12.4 Å². The average molecular weight is 229 g/mol. The Hall–Kier alpha value is -1.06. The molecule has 15 heavy (non-hydrogen) atoms. The van der Waals surface area contributed by atoms with E-state index in [-0.39, 0.29) is 18.3 Å². The third kappa shape index (κ3) is 4.32. The number of para-hydroxylation sites is 1. The highest BCUT2D eigenvalue weighted by atomic mass is 35.5. The zero-order valence-corrected chi connectivity index (χ0v) is 9.64. The van der Waals surface area contributed by atoms with Gasteiger partial charge in [0.05, 0.1) is 0 Å². The Morgan fingerprint density at radius 3 is 2.67 bits per heavy atom. The number of hydrogen-bond acceptors (Lipinski definition) is 2. The molecule has 0 heterocycles. The van der Waals surface area contributed by atoms with Crippen LogP contribution < -0.4 is 11.1 Å². The summed E-state index contributed by atoms with van der Waals surface area (Å²) >= 11 is 0. The normalized spacial score (nSPS) is 9.20. The second-order valence-corrected chi connectivity index (χ2v) is 3.10. The predicted octanol–water partition coefficient (Wildman–Crippen LogP) is 1.96. The lowest BCUT2D eigenvalue weighted by Crippen LogP contribution is -2.16.